The van der Waals surface area contributed by atoms with Crippen LogP contribution in [0.5, 0.6) is 0 Å². The molecule has 0 aliphatic carbocycles. The lowest BCUT2D eigenvalue weighted by molar-refractivity contribution is 0.560. The normalized spacial score (nSPS) is 12.2. The Hall–Kier alpha value is -0.920. The maximum atomic E-state index is 9.91. The first kappa shape index (κ1) is 8.18. The Morgan fingerprint density at radius 2 is 2.36 bits per heavy atom. The van der Waals surface area contributed by atoms with Gasteiger partial charge in [0.1, 0.15) is 0 Å². The van der Waals surface area contributed by atoms with Crippen molar-refractivity contribution in [2.24, 2.45) is 4.99 Å². The third-order valence-corrected chi connectivity index (χ3v) is 2.59. The minimum absolute atomic E-state index is 0.0359. The Kier molecular flexibility index (Phi) is 2.58. The quantitative estimate of drug-likeness (QED) is 0.491. The van der Waals surface area contributed by atoms with Gasteiger partial charge >= 0.3 is 0 Å². The molecular formula is C8H9NOS. The number of hydrogen-bond acceptors (Lipinski definition) is 3. The van der Waals surface area contributed by atoms with Crippen LogP contribution in [0.15, 0.2) is 17.1 Å². The Balaban J connectivity index is 2.84. The van der Waals surface area contributed by atoms with Crippen LogP contribution in [-0.4, -0.2) is 6.08 Å². The lowest BCUT2D eigenvalue weighted by Gasteiger charge is -1.96. The third kappa shape index (κ3) is 2.00. The first-order chi connectivity index (χ1) is 5.24. The molecule has 1 aromatic heterocycles. The predicted octanol–water partition coefficient (Wildman–Crippen LogP) is 2.45. The standard InChI is InChI=1S/C8H9NOS/c1-6-3-4-8(11-6)7(2)9-5-10/h3-4,7H,1-2H3. The van der Waals surface area contributed by atoms with E-state index in [9.17, 15) is 4.79 Å². The zero-order valence-electron chi connectivity index (χ0n) is 6.50. The molecule has 0 N–H and O–H groups in total. The van der Waals surface area contributed by atoms with E-state index in [4.69, 9.17) is 0 Å². The Morgan fingerprint density at radius 1 is 1.64 bits per heavy atom. The van der Waals surface area contributed by atoms with Crippen molar-refractivity contribution >= 4 is 17.4 Å². The summed E-state index contributed by atoms with van der Waals surface area (Å²) in [4.78, 5) is 15.9. The van der Waals surface area contributed by atoms with Crippen molar-refractivity contribution < 1.29 is 4.79 Å². The minimum Gasteiger partial charge on any atom is -0.211 e. The van der Waals surface area contributed by atoms with Gasteiger partial charge in [-0.05, 0) is 26.0 Å². The Morgan fingerprint density at radius 3 is 2.82 bits per heavy atom. The fourth-order valence-electron chi connectivity index (χ4n) is 0.821. The monoisotopic (exact) mass is 167 g/mol. The summed E-state index contributed by atoms with van der Waals surface area (Å²) < 4.78 is 0. The van der Waals surface area contributed by atoms with E-state index >= 15 is 0 Å². The second kappa shape index (κ2) is 3.46. The van der Waals surface area contributed by atoms with Gasteiger partial charge in [-0.3, -0.25) is 0 Å². The SMILES string of the molecule is Cc1ccc(C(C)N=C=O)s1. The van der Waals surface area contributed by atoms with Crippen LogP contribution in [0.2, 0.25) is 0 Å². The molecule has 1 aromatic rings. The molecule has 2 nitrogen and oxygen atoms in total. The predicted molar refractivity (Wildman–Crippen MR) is 45.6 cm³/mol. The van der Waals surface area contributed by atoms with Crippen LogP contribution in [-0.2, 0) is 4.79 Å². The Labute approximate surface area is 69.6 Å². The highest BCUT2D eigenvalue weighted by atomic mass is 32.1. The summed E-state index contributed by atoms with van der Waals surface area (Å²) in [5.41, 5.74) is 0. The molecule has 58 valence electrons. The molecular weight excluding hydrogens is 158 g/mol. The van der Waals surface area contributed by atoms with E-state index in [-0.39, 0.29) is 6.04 Å². The molecule has 1 heterocycles. The molecule has 0 saturated carbocycles. The molecule has 0 radical (unpaired) electrons. The van der Waals surface area contributed by atoms with Crippen molar-refractivity contribution in [1.29, 1.82) is 0 Å². The molecule has 0 spiro atoms. The lowest BCUT2D eigenvalue weighted by Crippen LogP contribution is -1.81. The Bertz CT molecular complexity index is 286. The summed E-state index contributed by atoms with van der Waals surface area (Å²) in [5, 5.41) is 0. The summed E-state index contributed by atoms with van der Waals surface area (Å²) >= 11 is 1.66. The number of hydrogen-bond donors (Lipinski definition) is 0. The van der Waals surface area contributed by atoms with E-state index in [0.29, 0.717) is 0 Å². The molecule has 0 aromatic carbocycles. The van der Waals surface area contributed by atoms with Crippen molar-refractivity contribution in [2.75, 3.05) is 0 Å². The first-order valence-electron chi connectivity index (χ1n) is 3.37. The topological polar surface area (TPSA) is 29.4 Å². The second-order valence-corrected chi connectivity index (χ2v) is 3.66. The molecule has 0 aliphatic heterocycles. The average Bonchev–Trinajstić information content (AvgIpc) is 2.36. The van der Waals surface area contributed by atoms with Gasteiger partial charge in [0.2, 0.25) is 6.08 Å². The highest BCUT2D eigenvalue weighted by molar-refractivity contribution is 7.12. The smallest absolute Gasteiger partial charge is 0.211 e. The number of rotatable bonds is 2. The van der Waals surface area contributed by atoms with E-state index in [1.54, 1.807) is 17.4 Å². The van der Waals surface area contributed by atoms with Crippen molar-refractivity contribution in [3.05, 3.63) is 21.9 Å². The van der Waals surface area contributed by atoms with Crippen LogP contribution in [0.1, 0.15) is 22.7 Å². The van der Waals surface area contributed by atoms with Crippen LogP contribution in [0.4, 0.5) is 0 Å². The van der Waals surface area contributed by atoms with Crippen molar-refractivity contribution in [3.63, 3.8) is 0 Å². The van der Waals surface area contributed by atoms with Gasteiger partial charge < -0.3 is 0 Å². The fraction of sp³-hybridized carbons (Fsp3) is 0.375. The van der Waals surface area contributed by atoms with Gasteiger partial charge in [0.15, 0.2) is 0 Å². The first-order valence-corrected chi connectivity index (χ1v) is 4.19. The number of isocyanates is 1. The van der Waals surface area contributed by atoms with Gasteiger partial charge in [0.05, 0.1) is 6.04 Å². The van der Waals surface area contributed by atoms with Crippen LogP contribution < -0.4 is 0 Å². The van der Waals surface area contributed by atoms with Crippen LogP contribution in [0.25, 0.3) is 0 Å². The molecule has 0 amide bonds. The zero-order chi connectivity index (χ0) is 8.27. The van der Waals surface area contributed by atoms with Crippen molar-refractivity contribution in [3.8, 4) is 0 Å². The second-order valence-electron chi connectivity index (χ2n) is 2.34. The molecule has 0 fully saturated rings. The van der Waals surface area contributed by atoms with Gasteiger partial charge in [-0.1, -0.05) is 0 Å². The average molecular weight is 167 g/mol. The van der Waals surface area contributed by atoms with Gasteiger partial charge in [-0.2, -0.15) is 4.99 Å². The van der Waals surface area contributed by atoms with Crippen molar-refractivity contribution in [2.45, 2.75) is 19.9 Å². The van der Waals surface area contributed by atoms with E-state index in [1.165, 1.54) is 4.88 Å². The maximum Gasteiger partial charge on any atom is 0.235 e. The molecule has 3 heteroatoms. The van der Waals surface area contributed by atoms with Crippen LogP contribution in [0.3, 0.4) is 0 Å². The van der Waals surface area contributed by atoms with E-state index in [2.05, 4.69) is 4.99 Å². The maximum absolute atomic E-state index is 9.91. The van der Waals surface area contributed by atoms with Gasteiger partial charge in [-0.25, -0.2) is 4.79 Å². The summed E-state index contributed by atoms with van der Waals surface area (Å²) in [5.74, 6) is 0. The molecule has 0 saturated heterocycles. The molecule has 1 unspecified atom stereocenters. The number of aryl methyl sites for hydroxylation is 1. The molecule has 0 aliphatic rings. The minimum atomic E-state index is -0.0359. The summed E-state index contributed by atoms with van der Waals surface area (Å²) in [6.45, 7) is 3.92. The van der Waals surface area contributed by atoms with E-state index in [1.807, 2.05) is 26.0 Å². The highest BCUT2D eigenvalue weighted by Crippen LogP contribution is 2.24. The van der Waals surface area contributed by atoms with Gasteiger partial charge in [0, 0.05) is 9.75 Å². The summed E-state index contributed by atoms with van der Waals surface area (Å²) in [6, 6.07) is 3.98. The van der Waals surface area contributed by atoms with Gasteiger partial charge in [-0.15, -0.1) is 11.3 Å². The third-order valence-electron chi connectivity index (χ3n) is 1.42. The number of nitrogens with zero attached hydrogens (tertiary/aromatic N) is 1. The van der Waals surface area contributed by atoms with E-state index in [0.717, 1.165) is 4.88 Å². The fourth-order valence-corrected chi connectivity index (χ4v) is 1.69. The lowest BCUT2D eigenvalue weighted by atomic mass is 10.3. The largest absolute Gasteiger partial charge is 0.235 e. The highest BCUT2D eigenvalue weighted by Gasteiger charge is 2.04. The van der Waals surface area contributed by atoms with Crippen LogP contribution >= 0.6 is 11.3 Å². The van der Waals surface area contributed by atoms with Gasteiger partial charge in [0.25, 0.3) is 0 Å². The van der Waals surface area contributed by atoms with Crippen molar-refractivity contribution in [1.82, 2.24) is 0 Å². The summed E-state index contributed by atoms with van der Waals surface area (Å²) in [7, 11) is 0. The zero-order valence-corrected chi connectivity index (χ0v) is 7.31. The molecule has 11 heavy (non-hydrogen) atoms. The molecule has 1 atom stereocenters. The number of aliphatic imine (C=N–C) groups is 1. The van der Waals surface area contributed by atoms with Crippen LogP contribution in [0, 0.1) is 6.92 Å². The molecule has 0 bridgehead atoms. The summed E-state index contributed by atoms with van der Waals surface area (Å²) in [6.07, 6.45) is 1.56. The number of thiophene rings is 1. The molecule has 1 rings (SSSR count). The number of carbonyl (C=O) groups excluding carboxylic acids is 1. The van der Waals surface area contributed by atoms with E-state index < -0.39 is 0 Å².